The average Bonchev–Trinajstić information content (AvgIpc) is 2.72. The Morgan fingerprint density at radius 2 is 1.79 bits per heavy atom. The molecular weight excluding hydrogens is 258 g/mol. The third kappa shape index (κ3) is 1.47. The second-order valence-electron chi connectivity index (χ2n) is 4.65. The molecule has 92 valence electrons. The highest BCUT2D eigenvalue weighted by Gasteiger charge is 2.32. The van der Waals surface area contributed by atoms with Crippen molar-refractivity contribution in [3.8, 4) is 0 Å². The van der Waals surface area contributed by atoms with E-state index in [4.69, 9.17) is 0 Å². The van der Waals surface area contributed by atoms with Gasteiger partial charge in [0.15, 0.2) is 0 Å². The van der Waals surface area contributed by atoms with Gasteiger partial charge in [0, 0.05) is 9.79 Å². The van der Waals surface area contributed by atoms with Gasteiger partial charge in [-0.2, -0.15) is 0 Å². The van der Waals surface area contributed by atoms with E-state index in [1.54, 1.807) is 17.8 Å². The van der Waals surface area contributed by atoms with Gasteiger partial charge in [-0.1, -0.05) is 36.0 Å². The van der Waals surface area contributed by atoms with Crippen LogP contribution in [-0.4, -0.2) is 11.8 Å². The molecule has 0 aromatic heterocycles. The van der Waals surface area contributed by atoms with Crippen LogP contribution >= 0.6 is 11.8 Å². The van der Waals surface area contributed by atoms with Crippen molar-refractivity contribution in [2.75, 3.05) is 0 Å². The SMILES string of the molecule is O=C1NC(=O)c2c1ccc1c2Sc2ccccc2C1. The summed E-state index contributed by atoms with van der Waals surface area (Å²) in [6.45, 7) is 0. The highest BCUT2D eigenvalue weighted by molar-refractivity contribution is 7.99. The van der Waals surface area contributed by atoms with Crippen molar-refractivity contribution in [3.63, 3.8) is 0 Å². The lowest BCUT2D eigenvalue weighted by Gasteiger charge is -2.20. The van der Waals surface area contributed by atoms with E-state index in [1.807, 2.05) is 18.2 Å². The third-order valence-electron chi connectivity index (χ3n) is 3.50. The summed E-state index contributed by atoms with van der Waals surface area (Å²) in [5.74, 6) is -0.564. The first kappa shape index (κ1) is 10.8. The fourth-order valence-corrected chi connectivity index (χ4v) is 3.81. The predicted molar refractivity (Wildman–Crippen MR) is 71.6 cm³/mol. The summed E-state index contributed by atoms with van der Waals surface area (Å²) in [5, 5.41) is 2.37. The lowest BCUT2D eigenvalue weighted by molar-refractivity contribution is 0.0878. The second kappa shape index (κ2) is 3.71. The monoisotopic (exact) mass is 267 g/mol. The number of imide groups is 1. The molecule has 0 unspecified atom stereocenters. The summed E-state index contributed by atoms with van der Waals surface area (Å²) in [6, 6.07) is 11.9. The number of fused-ring (bicyclic) bond motifs is 4. The van der Waals surface area contributed by atoms with Crippen LogP contribution in [0.15, 0.2) is 46.2 Å². The molecule has 19 heavy (non-hydrogen) atoms. The quantitative estimate of drug-likeness (QED) is 0.637. The van der Waals surface area contributed by atoms with Crippen LogP contribution in [0.5, 0.6) is 0 Å². The van der Waals surface area contributed by atoms with Gasteiger partial charge in [0.05, 0.1) is 11.1 Å². The molecule has 1 N–H and O–H groups in total. The van der Waals surface area contributed by atoms with Gasteiger partial charge < -0.3 is 0 Å². The van der Waals surface area contributed by atoms with Crippen LogP contribution in [0.3, 0.4) is 0 Å². The zero-order valence-corrected chi connectivity index (χ0v) is 10.7. The smallest absolute Gasteiger partial charge is 0.260 e. The van der Waals surface area contributed by atoms with E-state index in [9.17, 15) is 9.59 Å². The average molecular weight is 267 g/mol. The molecule has 0 aliphatic carbocycles. The van der Waals surface area contributed by atoms with Gasteiger partial charge in [-0.3, -0.25) is 14.9 Å². The van der Waals surface area contributed by atoms with Crippen molar-refractivity contribution < 1.29 is 9.59 Å². The first-order valence-electron chi connectivity index (χ1n) is 6.01. The molecule has 0 fully saturated rings. The molecule has 2 amide bonds. The van der Waals surface area contributed by atoms with Crippen molar-refractivity contribution in [1.82, 2.24) is 5.32 Å². The van der Waals surface area contributed by atoms with Crippen LogP contribution in [0.1, 0.15) is 31.8 Å². The fraction of sp³-hybridized carbons (Fsp3) is 0.0667. The van der Waals surface area contributed by atoms with Crippen LogP contribution in [0.25, 0.3) is 0 Å². The molecule has 2 aliphatic heterocycles. The Labute approximate surface area is 114 Å². The van der Waals surface area contributed by atoms with Crippen molar-refractivity contribution >= 4 is 23.6 Å². The summed E-state index contributed by atoms with van der Waals surface area (Å²) in [5.41, 5.74) is 3.43. The summed E-state index contributed by atoms with van der Waals surface area (Å²) in [4.78, 5) is 25.7. The number of hydrogen-bond donors (Lipinski definition) is 1. The molecule has 0 spiro atoms. The van der Waals surface area contributed by atoms with E-state index in [0.29, 0.717) is 11.1 Å². The summed E-state index contributed by atoms with van der Waals surface area (Å²) < 4.78 is 0. The van der Waals surface area contributed by atoms with Gasteiger partial charge >= 0.3 is 0 Å². The lowest BCUT2D eigenvalue weighted by Crippen LogP contribution is -2.20. The van der Waals surface area contributed by atoms with Crippen molar-refractivity contribution in [1.29, 1.82) is 0 Å². The van der Waals surface area contributed by atoms with E-state index in [0.717, 1.165) is 21.8 Å². The number of hydrogen-bond acceptors (Lipinski definition) is 3. The standard InChI is InChI=1S/C15H9NO2S/c17-14-10-6-5-9-7-8-3-1-2-4-11(8)19-13(9)12(10)15(18)16-14/h1-6H,7H2,(H,16,17,18). The zero-order valence-electron chi connectivity index (χ0n) is 9.90. The highest BCUT2D eigenvalue weighted by Crippen LogP contribution is 2.43. The number of benzene rings is 2. The molecule has 0 bridgehead atoms. The van der Waals surface area contributed by atoms with Gasteiger partial charge in [-0.05, 0) is 29.7 Å². The molecule has 4 heteroatoms. The number of amides is 2. The number of nitrogens with one attached hydrogen (secondary N) is 1. The molecule has 4 rings (SSSR count). The maximum absolute atomic E-state index is 11.9. The van der Waals surface area contributed by atoms with Crippen molar-refractivity contribution in [2.24, 2.45) is 0 Å². The van der Waals surface area contributed by atoms with E-state index in [2.05, 4.69) is 17.4 Å². The Balaban J connectivity index is 1.94. The predicted octanol–water partition coefficient (Wildman–Crippen LogP) is 2.63. The first-order valence-corrected chi connectivity index (χ1v) is 6.83. The van der Waals surface area contributed by atoms with Gasteiger partial charge in [0.25, 0.3) is 11.8 Å². The van der Waals surface area contributed by atoms with Gasteiger partial charge in [0.2, 0.25) is 0 Å². The van der Waals surface area contributed by atoms with Crippen LogP contribution in [0.2, 0.25) is 0 Å². The lowest BCUT2D eigenvalue weighted by atomic mass is 9.99. The van der Waals surface area contributed by atoms with E-state index in [-0.39, 0.29) is 11.8 Å². The van der Waals surface area contributed by atoms with Gasteiger partial charge in [-0.25, -0.2) is 0 Å². The number of carbonyl (C=O) groups is 2. The summed E-state index contributed by atoms with van der Waals surface area (Å²) in [6.07, 6.45) is 0.813. The minimum atomic E-state index is -0.290. The molecule has 3 nitrogen and oxygen atoms in total. The highest BCUT2D eigenvalue weighted by atomic mass is 32.2. The van der Waals surface area contributed by atoms with E-state index < -0.39 is 0 Å². The molecule has 2 aliphatic rings. The Morgan fingerprint density at radius 1 is 0.947 bits per heavy atom. The maximum Gasteiger partial charge on any atom is 0.260 e. The summed E-state index contributed by atoms with van der Waals surface area (Å²) >= 11 is 1.58. The molecule has 2 aromatic carbocycles. The van der Waals surface area contributed by atoms with Crippen LogP contribution in [0, 0.1) is 0 Å². The molecule has 0 atom stereocenters. The third-order valence-corrected chi connectivity index (χ3v) is 4.79. The molecule has 0 saturated carbocycles. The minimum absolute atomic E-state index is 0.274. The van der Waals surface area contributed by atoms with Gasteiger partial charge in [-0.15, -0.1) is 0 Å². The molecule has 2 heterocycles. The molecular formula is C15H9NO2S. The largest absolute Gasteiger partial charge is 0.288 e. The maximum atomic E-state index is 11.9. The Morgan fingerprint density at radius 3 is 2.68 bits per heavy atom. The number of rotatable bonds is 0. The van der Waals surface area contributed by atoms with Crippen LogP contribution in [-0.2, 0) is 6.42 Å². The molecule has 2 aromatic rings. The Kier molecular flexibility index (Phi) is 2.11. The Hall–Kier alpha value is -2.07. The van der Waals surface area contributed by atoms with Crippen LogP contribution < -0.4 is 5.32 Å². The molecule has 0 radical (unpaired) electrons. The zero-order chi connectivity index (χ0) is 13.0. The van der Waals surface area contributed by atoms with E-state index >= 15 is 0 Å². The van der Waals surface area contributed by atoms with E-state index in [1.165, 1.54) is 5.56 Å². The summed E-state index contributed by atoms with van der Waals surface area (Å²) in [7, 11) is 0. The normalized spacial score (nSPS) is 15.6. The van der Waals surface area contributed by atoms with Gasteiger partial charge in [0.1, 0.15) is 0 Å². The first-order chi connectivity index (χ1) is 9.24. The molecule has 0 saturated heterocycles. The minimum Gasteiger partial charge on any atom is -0.288 e. The number of carbonyl (C=O) groups excluding carboxylic acids is 2. The second-order valence-corrected chi connectivity index (χ2v) is 5.70. The van der Waals surface area contributed by atoms with Crippen LogP contribution in [0.4, 0.5) is 0 Å². The topological polar surface area (TPSA) is 46.2 Å². The fourth-order valence-electron chi connectivity index (χ4n) is 2.59. The van der Waals surface area contributed by atoms with Crippen molar-refractivity contribution in [2.45, 2.75) is 16.2 Å². The Bertz CT molecular complexity index is 752. The van der Waals surface area contributed by atoms with Crippen molar-refractivity contribution in [3.05, 3.63) is 58.7 Å².